The lowest BCUT2D eigenvalue weighted by molar-refractivity contribution is -0.130. The smallest absolute Gasteiger partial charge is 0.251 e. The van der Waals surface area contributed by atoms with Crippen LogP contribution in [0.5, 0.6) is 0 Å². The van der Waals surface area contributed by atoms with E-state index in [1.165, 1.54) is 0 Å². The van der Waals surface area contributed by atoms with Crippen LogP contribution in [0, 0.1) is 0 Å². The number of pyridine rings is 1. The molecule has 2 aromatic heterocycles. The first-order valence-electron chi connectivity index (χ1n) is 10.9. The molecule has 0 spiro atoms. The molecule has 0 atom stereocenters. The molecule has 2 amide bonds. The van der Waals surface area contributed by atoms with Gasteiger partial charge in [-0.05, 0) is 35.4 Å². The Morgan fingerprint density at radius 3 is 2.33 bits per heavy atom. The van der Waals surface area contributed by atoms with Gasteiger partial charge in [-0.25, -0.2) is 9.97 Å². The Kier molecular flexibility index (Phi) is 5.99. The van der Waals surface area contributed by atoms with E-state index in [-0.39, 0.29) is 18.4 Å². The molecule has 0 bridgehead atoms. The zero-order valence-corrected chi connectivity index (χ0v) is 18.8. The van der Waals surface area contributed by atoms with Crippen LogP contribution in [0.15, 0.2) is 72.9 Å². The maximum absolute atomic E-state index is 12.6. The maximum Gasteiger partial charge on any atom is 0.251 e. The number of amides is 2. The van der Waals surface area contributed by atoms with Gasteiger partial charge < -0.3 is 15.1 Å². The number of nitrogens with one attached hydrogen (secondary N) is 1. The first-order chi connectivity index (χ1) is 16.2. The molecule has 4 aromatic rings. The van der Waals surface area contributed by atoms with E-state index >= 15 is 0 Å². The molecule has 5 rings (SSSR count). The number of thiazole rings is 1. The number of hydrogen-bond donors (Lipinski definition) is 1. The van der Waals surface area contributed by atoms with Gasteiger partial charge in [-0.1, -0.05) is 53.8 Å². The van der Waals surface area contributed by atoms with Gasteiger partial charge in [0.25, 0.3) is 5.91 Å². The topological polar surface area (TPSA) is 78.4 Å². The lowest BCUT2D eigenvalue weighted by atomic mass is 10.0. The molecule has 1 saturated heterocycles. The number of piperazine rings is 1. The Hall–Kier alpha value is -3.78. The molecule has 166 valence electrons. The maximum atomic E-state index is 12.6. The van der Waals surface area contributed by atoms with E-state index in [1.807, 2.05) is 54.6 Å². The zero-order chi connectivity index (χ0) is 22.6. The Morgan fingerprint density at radius 1 is 0.879 bits per heavy atom. The van der Waals surface area contributed by atoms with Crippen molar-refractivity contribution in [1.82, 2.24) is 20.2 Å². The van der Waals surface area contributed by atoms with E-state index in [0.717, 1.165) is 26.6 Å². The van der Waals surface area contributed by atoms with E-state index in [1.54, 1.807) is 34.6 Å². The lowest BCUT2D eigenvalue weighted by Crippen LogP contribution is -2.51. The molecule has 0 unspecified atom stereocenters. The monoisotopic (exact) mass is 457 g/mol. The van der Waals surface area contributed by atoms with Crippen LogP contribution in [-0.2, 0) is 4.79 Å². The molecule has 3 heterocycles. The fourth-order valence-electron chi connectivity index (χ4n) is 3.86. The van der Waals surface area contributed by atoms with E-state index < -0.39 is 0 Å². The molecule has 0 saturated carbocycles. The number of nitrogens with zero attached hydrogens (tertiary/aromatic N) is 4. The lowest BCUT2D eigenvalue weighted by Gasteiger charge is -2.34. The number of carbonyl (C=O) groups is 2. The van der Waals surface area contributed by atoms with Crippen molar-refractivity contribution in [2.45, 2.75) is 0 Å². The first-order valence-corrected chi connectivity index (χ1v) is 11.7. The third kappa shape index (κ3) is 4.70. The molecule has 33 heavy (non-hydrogen) atoms. The van der Waals surface area contributed by atoms with Crippen LogP contribution in [0.25, 0.3) is 21.5 Å². The van der Waals surface area contributed by atoms with Gasteiger partial charge in [-0.3, -0.25) is 9.59 Å². The molecule has 2 aromatic carbocycles. The fourth-order valence-corrected chi connectivity index (χ4v) is 4.82. The third-order valence-corrected chi connectivity index (χ3v) is 6.75. The number of rotatable bonds is 5. The highest BCUT2D eigenvalue weighted by Gasteiger charge is 2.23. The van der Waals surface area contributed by atoms with E-state index in [2.05, 4.69) is 20.2 Å². The second-order valence-electron chi connectivity index (χ2n) is 7.82. The Bertz CT molecular complexity index is 1230. The summed E-state index contributed by atoms with van der Waals surface area (Å²) >= 11 is 1.57. The first kappa shape index (κ1) is 21.1. The quantitative estimate of drug-likeness (QED) is 0.497. The molecule has 1 aliphatic rings. The third-order valence-electron chi connectivity index (χ3n) is 5.71. The summed E-state index contributed by atoms with van der Waals surface area (Å²) in [6.45, 7) is 2.61. The van der Waals surface area contributed by atoms with E-state index in [4.69, 9.17) is 0 Å². The van der Waals surface area contributed by atoms with Gasteiger partial charge in [0, 0.05) is 37.9 Å². The summed E-state index contributed by atoms with van der Waals surface area (Å²) in [7, 11) is 0. The van der Waals surface area contributed by atoms with E-state index in [9.17, 15) is 9.59 Å². The van der Waals surface area contributed by atoms with Crippen molar-refractivity contribution in [3.05, 3.63) is 78.5 Å². The van der Waals surface area contributed by atoms with Crippen LogP contribution in [0.3, 0.4) is 0 Å². The number of anilines is 1. The summed E-state index contributed by atoms with van der Waals surface area (Å²) in [6, 6.07) is 21.2. The average Bonchev–Trinajstić information content (AvgIpc) is 3.32. The van der Waals surface area contributed by atoms with Gasteiger partial charge in [0.1, 0.15) is 10.3 Å². The number of benzene rings is 2. The number of aromatic nitrogens is 2. The normalized spacial score (nSPS) is 13.8. The average molecular weight is 458 g/mol. The molecule has 0 radical (unpaired) electrons. The minimum atomic E-state index is -0.247. The Labute approximate surface area is 195 Å². The molecule has 7 nitrogen and oxygen atoms in total. The van der Waals surface area contributed by atoms with Crippen molar-refractivity contribution >= 4 is 38.6 Å². The minimum Gasteiger partial charge on any atom is -0.344 e. The molecular formula is C25H23N5O2S. The second-order valence-corrected chi connectivity index (χ2v) is 8.77. The van der Waals surface area contributed by atoms with E-state index in [0.29, 0.717) is 31.7 Å². The van der Waals surface area contributed by atoms with Crippen LogP contribution in [0.2, 0.25) is 0 Å². The number of carbonyl (C=O) groups excluding carboxylic acids is 2. The van der Waals surface area contributed by atoms with Crippen molar-refractivity contribution < 1.29 is 9.59 Å². The summed E-state index contributed by atoms with van der Waals surface area (Å²) in [5.41, 5.74) is 3.58. The molecule has 1 N–H and O–H groups in total. The Balaban J connectivity index is 1.12. The highest BCUT2D eigenvalue weighted by atomic mass is 32.1. The van der Waals surface area contributed by atoms with Crippen LogP contribution < -0.4 is 10.2 Å². The zero-order valence-electron chi connectivity index (χ0n) is 18.0. The summed E-state index contributed by atoms with van der Waals surface area (Å²) in [6.07, 6.45) is 1.77. The van der Waals surface area contributed by atoms with Gasteiger partial charge in [-0.2, -0.15) is 0 Å². The molecule has 8 heteroatoms. The van der Waals surface area contributed by atoms with Crippen LogP contribution in [-0.4, -0.2) is 59.4 Å². The molecule has 1 fully saturated rings. The SMILES string of the molecule is O=C(NCC(=O)N1CCN(c2nc3cccnc3s2)CC1)c1ccc(-c2ccccc2)cc1. The van der Waals surface area contributed by atoms with Gasteiger partial charge >= 0.3 is 0 Å². The molecule has 1 aliphatic heterocycles. The minimum absolute atomic E-state index is 0.00960. The standard InChI is InChI=1S/C25H23N5O2S/c31-22(17-27-23(32)20-10-8-19(9-11-20)18-5-2-1-3-6-18)29-13-15-30(16-14-29)25-28-21-7-4-12-26-24(21)33-25/h1-12H,13-17H2,(H,27,32). The highest BCUT2D eigenvalue weighted by Crippen LogP contribution is 2.27. The second kappa shape index (κ2) is 9.38. The van der Waals surface area contributed by atoms with Crippen molar-refractivity contribution in [2.24, 2.45) is 0 Å². The van der Waals surface area contributed by atoms with Crippen molar-refractivity contribution in [2.75, 3.05) is 37.6 Å². The highest BCUT2D eigenvalue weighted by molar-refractivity contribution is 7.21. The van der Waals surface area contributed by atoms with Gasteiger partial charge in [0.2, 0.25) is 5.91 Å². The molecular weight excluding hydrogens is 434 g/mol. The van der Waals surface area contributed by atoms with Gasteiger partial charge in [-0.15, -0.1) is 0 Å². The van der Waals surface area contributed by atoms with Crippen LogP contribution in [0.1, 0.15) is 10.4 Å². The summed E-state index contributed by atoms with van der Waals surface area (Å²) < 4.78 is 0. The van der Waals surface area contributed by atoms with Gasteiger partial charge in [0.15, 0.2) is 5.13 Å². The van der Waals surface area contributed by atoms with Crippen molar-refractivity contribution in [3.63, 3.8) is 0 Å². The Morgan fingerprint density at radius 2 is 1.61 bits per heavy atom. The van der Waals surface area contributed by atoms with Crippen LogP contribution in [0.4, 0.5) is 5.13 Å². The van der Waals surface area contributed by atoms with Gasteiger partial charge in [0.05, 0.1) is 6.54 Å². The predicted octanol–water partition coefficient (Wildman–Crippen LogP) is 3.44. The fraction of sp³-hybridized carbons (Fsp3) is 0.200. The van der Waals surface area contributed by atoms with Crippen molar-refractivity contribution in [3.8, 4) is 11.1 Å². The summed E-state index contributed by atoms with van der Waals surface area (Å²) in [5.74, 6) is -0.321. The summed E-state index contributed by atoms with van der Waals surface area (Å²) in [5, 5.41) is 3.69. The predicted molar refractivity (Wildman–Crippen MR) is 130 cm³/mol. The van der Waals surface area contributed by atoms with Crippen molar-refractivity contribution in [1.29, 1.82) is 0 Å². The van der Waals surface area contributed by atoms with Crippen LogP contribution >= 0.6 is 11.3 Å². The largest absolute Gasteiger partial charge is 0.344 e. The number of fused-ring (bicyclic) bond motifs is 1. The molecule has 0 aliphatic carbocycles. The number of hydrogen-bond acceptors (Lipinski definition) is 6. The summed E-state index contributed by atoms with van der Waals surface area (Å²) in [4.78, 5) is 39.0.